The van der Waals surface area contributed by atoms with Gasteiger partial charge in [-0.3, -0.25) is 0 Å². The SMILES string of the molecule is O=CC(CCCNCCCc1ccccc1)(c1ccccc1)c1ccccc1. The average Bonchev–Trinajstić information content (AvgIpc) is 2.78. The van der Waals surface area contributed by atoms with E-state index >= 15 is 0 Å². The first-order chi connectivity index (χ1) is 13.8. The average molecular weight is 372 g/mol. The van der Waals surface area contributed by atoms with Crippen LogP contribution in [0.1, 0.15) is 36.0 Å². The van der Waals surface area contributed by atoms with Crippen molar-refractivity contribution in [2.75, 3.05) is 13.1 Å². The molecule has 2 heteroatoms. The molecule has 2 nitrogen and oxygen atoms in total. The van der Waals surface area contributed by atoms with Crippen LogP contribution in [0.15, 0.2) is 91.0 Å². The van der Waals surface area contributed by atoms with Crippen LogP contribution in [0.5, 0.6) is 0 Å². The topological polar surface area (TPSA) is 29.1 Å². The molecule has 0 saturated heterocycles. The molecule has 1 N–H and O–H groups in total. The van der Waals surface area contributed by atoms with E-state index in [9.17, 15) is 4.79 Å². The van der Waals surface area contributed by atoms with Gasteiger partial charge in [-0.1, -0.05) is 91.0 Å². The van der Waals surface area contributed by atoms with Crippen molar-refractivity contribution in [2.24, 2.45) is 0 Å². The Bertz CT molecular complexity index is 775. The summed E-state index contributed by atoms with van der Waals surface area (Å²) in [5.74, 6) is 0. The van der Waals surface area contributed by atoms with Gasteiger partial charge >= 0.3 is 0 Å². The fourth-order valence-corrected chi connectivity index (χ4v) is 3.80. The largest absolute Gasteiger partial charge is 0.317 e. The van der Waals surface area contributed by atoms with Gasteiger partial charge in [0, 0.05) is 0 Å². The molecule has 0 atom stereocenters. The molecule has 3 aromatic rings. The van der Waals surface area contributed by atoms with E-state index in [1.165, 1.54) is 5.56 Å². The van der Waals surface area contributed by atoms with Crippen molar-refractivity contribution in [1.29, 1.82) is 0 Å². The molecular weight excluding hydrogens is 342 g/mol. The van der Waals surface area contributed by atoms with Crippen LogP contribution in [0.2, 0.25) is 0 Å². The number of carbonyl (C=O) groups excluding carboxylic acids is 1. The number of carbonyl (C=O) groups is 1. The Morgan fingerprint density at radius 1 is 0.679 bits per heavy atom. The highest BCUT2D eigenvalue weighted by molar-refractivity contribution is 5.75. The molecule has 3 aromatic carbocycles. The number of nitrogens with one attached hydrogen (secondary N) is 1. The Balaban J connectivity index is 1.55. The highest BCUT2D eigenvalue weighted by atomic mass is 16.1. The second kappa shape index (κ2) is 10.6. The van der Waals surface area contributed by atoms with E-state index in [0.717, 1.165) is 56.2 Å². The molecule has 0 aliphatic carbocycles. The van der Waals surface area contributed by atoms with Gasteiger partial charge in [-0.25, -0.2) is 0 Å². The third-order valence-corrected chi connectivity index (χ3v) is 5.37. The fourth-order valence-electron chi connectivity index (χ4n) is 3.80. The highest BCUT2D eigenvalue weighted by Gasteiger charge is 2.33. The lowest BCUT2D eigenvalue weighted by atomic mass is 9.72. The molecule has 0 heterocycles. The van der Waals surface area contributed by atoms with Gasteiger partial charge in [0.25, 0.3) is 0 Å². The lowest BCUT2D eigenvalue weighted by molar-refractivity contribution is -0.111. The normalized spacial score (nSPS) is 11.3. The molecule has 0 saturated carbocycles. The first-order valence-electron chi connectivity index (χ1n) is 10.2. The summed E-state index contributed by atoms with van der Waals surface area (Å²) >= 11 is 0. The van der Waals surface area contributed by atoms with Gasteiger partial charge in [0.2, 0.25) is 0 Å². The molecule has 144 valence electrons. The van der Waals surface area contributed by atoms with Crippen molar-refractivity contribution in [3.63, 3.8) is 0 Å². The zero-order valence-corrected chi connectivity index (χ0v) is 16.4. The number of benzene rings is 3. The second-order valence-electron chi connectivity index (χ2n) is 7.26. The molecular formula is C26H29NO. The molecule has 0 spiro atoms. The van der Waals surface area contributed by atoms with E-state index in [1.54, 1.807) is 0 Å². The maximum Gasteiger partial charge on any atom is 0.134 e. The zero-order chi connectivity index (χ0) is 19.5. The Morgan fingerprint density at radius 2 is 1.18 bits per heavy atom. The first kappa shape index (κ1) is 20.0. The van der Waals surface area contributed by atoms with Gasteiger partial charge in [0.1, 0.15) is 6.29 Å². The summed E-state index contributed by atoms with van der Waals surface area (Å²) in [6.07, 6.45) is 5.11. The molecule has 0 amide bonds. The molecule has 0 fully saturated rings. The monoisotopic (exact) mass is 371 g/mol. The summed E-state index contributed by atoms with van der Waals surface area (Å²) in [4.78, 5) is 12.3. The molecule has 0 aliphatic rings. The van der Waals surface area contributed by atoms with Gasteiger partial charge in [0.15, 0.2) is 0 Å². The summed E-state index contributed by atoms with van der Waals surface area (Å²) in [7, 11) is 0. The van der Waals surface area contributed by atoms with E-state index in [4.69, 9.17) is 0 Å². The summed E-state index contributed by atoms with van der Waals surface area (Å²) in [6.45, 7) is 1.92. The van der Waals surface area contributed by atoms with E-state index in [0.29, 0.717) is 0 Å². The van der Waals surface area contributed by atoms with Crippen molar-refractivity contribution in [3.8, 4) is 0 Å². The van der Waals surface area contributed by atoms with Crippen molar-refractivity contribution in [2.45, 2.75) is 31.1 Å². The highest BCUT2D eigenvalue weighted by Crippen LogP contribution is 2.34. The van der Waals surface area contributed by atoms with Crippen LogP contribution in [0.3, 0.4) is 0 Å². The molecule has 0 unspecified atom stereocenters. The van der Waals surface area contributed by atoms with Crippen LogP contribution in [-0.4, -0.2) is 19.4 Å². The van der Waals surface area contributed by atoms with Crippen LogP contribution in [0.4, 0.5) is 0 Å². The fraction of sp³-hybridized carbons (Fsp3) is 0.269. The molecule has 0 radical (unpaired) electrons. The lowest BCUT2D eigenvalue weighted by Gasteiger charge is -2.29. The predicted octanol–water partition coefficient (Wildman–Crippen LogP) is 5.17. The van der Waals surface area contributed by atoms with Crippen molar-refractivity contribution in [1.82, 2.24) is 5.32 Å². The Hall–Kier alpha value is -2.71. The van der Waals surface area contributed by atoms with Crippen LogP contribution in [0.25, 0.3) is 0 Å². The summed E-state index contributed by atoms with van der Waals surface area (Å²) in [6, 6.07) is 30.9. The van der Waals surface area contributed by atoms with E-state index in [2.05, 4.69) is 59.9 Å². The van der Waals surface area contributed by atoms with Crippen LogP contribution >= 0.6 is 0 Å². The molecule has 0 aliphatic heterocycles. The van der Waals surface area contributed by atoms with E-state index in [1.807, 2.05) is 36.4 Å². The third-order valence-electron chi connectivity index (χ3n) is 5.37. The zero-order valence-electron chi connectivity index (χ0n) is 16.4. The van der Waals surface area contributed by atoms with Gasteiger partial charge in [-0.05, 0) is 55.5 Å². The Morgan fingerprint density at radius 3 is 1.71 bits per heavy atom. The van der Waals surface area contributed by atoms with Crippen molar-refractivity contribution < 1.29 is 4.79 Å². The molecule has 3 rings (SSSR count). The standard InChI is InChI=1S/C26H29NO/c28-22-26(24-15-6-2-7-16-24,25-17-8-3-9-18-25)19-11-21-27-20-10-14-23-12-4-1-5-13-23/h1-9,12-13,15-18,22,27H,10-11,14,19-21H2. The third kappa shape index (κ3) is 5.17. The van der Waals surface area contributed by atoms with Crippen LogP contribution in [0, 0.1) is 0 Å². The quantitative estimate of drug-likeness (QED) is 0.372. The number of hydrogen-bond acceptors (Lipinski definition) is 2. The lowest BCUT2D eigenvalue weighted by Crippen LogP contribution is -2.31. The summed E-state index contributed by atoms with van der Waals surface area (Å²) in [5, 5.41) is 3.54. The number of aryl methyl sites for hydroxylation is 1. The summed E-state index contributed by atoms with van der Waals surface area (Å²) in [5.41, 5.74) is 2.95. The smallest absolute Gasteiger partial charge is 0.134 e. The number of rotatable bonds is 11. The number of hydrogen-bond donors (Lipinski definition) is 1. The summed E-state index contributed by atoms with van der Waals surface area (Å²) < 4.78 is 0. The minimum absolute atomic E-state index is 0.575. The van der Waals surface area contributed by atoms with Gasteiger partial charge in [-0.2, -0.15) is 0 Å². The van der Waals surface area contributed by atoms with Gasteiger partial charge in [-0.15, -0.1) is 0 Å². The molecule has 0 bridgehead atoms. The van der Waals surface area contributed by atoms with E-state index < -0.39 is 5.41 Å². The second-order valence-corrected chi connectivity index (χ2v) is 7.26. The van der Waals surface area contributed by atoms with Gasteiger partial charge in [0.05, 0.1) is 5.41 Å². The predicted molar refractivity (Wildman–Crippen MR) is 117 cm³/mol. The van der Waals surface area contributed by atoms with Crippen LogP contribution in [-0.2, 0) is 16.6 Å². The van der Waals surface area contributed by atoms with Gasteiger partial charge < -0.3 is 10.1 Å². The van der Waals surface area contributed by atoms with Crippen LogP contribution < -0.4 is 5.32 Å². The van der Waals surface area contributed by atoms with Crippen molar-refractivity contribution in [3.05, 3.63) is 108 Å². The maximum atomic E-state index is 12.3. The Kier molecular flexibility index (Phi) is 7.57. The number of aldehydes is 1. The molecule has 0 aromatic heterocycles. The van der Waals surface area contributed by atoms with E-state index in [-0.39, 0.29) is 0 Å². The maximum absolute atomic E-state index is 12.3. The Labute approximate surface area is 168 Å². The van der Waals surface area contributed by atoms with Crippen molar-refractivity contribution >= 4 is 6.29 Å². The minimum atomic E-state index is -0.575. The first-order valence-corrected chi connectivity index (χ1v) is 10.2. The molecule has 28 heavy (non-hydrogen) atoms. The minimum Gasteiger partial charge on any atom is -0.317 e.